The van der Waals surface area contributed by atoms with Gasteiger partial charge in [-0.2, -0.15) is 0 Å². The molecule has 4 heterocycles. The summed E-state index contributed by atoms with van der Waals surface area (Å²) in [6, 6.07) is 10.6. The molecule has 0 aliphatic carbocycles. The second-order valence-electron chi connectivity index (χ2n) is 8.98. The number of esters is 1. The zero-order valence-electron chi connectivity index (χ0n) is 18.9. The summed E-state index contributed by atoms with van der Waals surface area (Å²) in [5.41, 5.74) is 6.11. The highest BCUT2D eigenvalue weighted by atomic mass is 35.5. The minimum absolute atomic E-state index is 0.00999. The Morgan fingerprint density at radius 1 is 1.26 bits per heavy atom. The summed E-state index contributed by atoms with van der Waals surface area (Å²) in [6.45, 7) is 5.38. The largest absolute Gasteiger partial charge is 0.463 e. The number of nitrogens with zero attached hydrogens (tertiary/aromatic N) is 2. The summed E-state index contributed by atoms with van der Waals surface area (Å²) < 4.78 is 26.0. The highest BCUT2D eigenvalue weighted by molar-refractivity contribution is 6.30. The molecule has 3 N–H and O–H groups in total. The molecule has 10 nitrogen and oxygen atoms in total. The van der Waals surface area contributed by atoms with Gasteiger partial charge in [0.1, 0.15) is 36.0 Å². The molecule has 5 rings (SSSR count). The van der Waals surface area contributed by atoms with Crippen LogP contribution in [0.25, 0.3) is 5.52 Å². The van der Waals surface area contributed by atoms with Gasteiger partial charge in [0.15, 0.2) is 6.29 Å². The second kappa shape index (κ2) is 8.38. The summed E-state index contributed by atoms with van der Waals surface area (Å²) in [7, 11) is 0. The first-order valence-electron chi connectivity index (χ1n) is 11.0. The number of nitrogens with one attached hydrogen (secondary N) is 1. The van der Waals surface area contributed by atoms with Crippen molar-refractivity contribution in [3.63, 3.8) is 0 Å². The molecule has 5 atom stereocenters. The number of carbonyl (C=O) groups excluding carboxylic acids is 1. The highest BCUT2D eigenvalue weighted by Gasteiger charge is 2.62. The number of ether oxygens (including phenoxy) is 4. The third kappa shape index (κ3) is 3.76. The minimum Gasteiger partial charge on any atom is -0.463 e. The Balaban J connectivity index is 1.52. The number of H-pyrrole nitrogens is 1. The number of benzene rings is 1. The lowest BCUT2D eigenvalue weighted by Gasteiger charge is -2.27. The van der Waals surface area contributed by atoms with Gasteiger partial charge >= 0.3 is 5.97 Å². The zero-order chi connectivity index (χ0) is 24.2. The molecule has 0 bridgehead atoms. The normalized spacial score (nSPS) is 28.5. The maximum Gasteiger partial charge on any atom is 0.308 e. The topological polar surface area (TPSA) is 130 Å². The number of hydrogen-bond donors (Lipinski definition) is 2. The van der Waals surface area contributed by atoms with Gasteiger partial charge in [-0.05, 0) is 31.2 Å². The van der Waals surface area contributed by atoms with E-state index in [0.717, 1.165) is 5.56 Å². The minimum atomic E-state index is -0.980. The Morgan fingerprint density at radius 3 is 2.71 bits per heavy atom. The van der Waals surface area contributed by atoms with E-state index in [1.165, 1.54) is 4.52 Å². The fraction of sp³-hybridized carbons (Fsp3) is 0.435. The number of nitrogen functional groups attached to an aromatic ring is 1. The average Bonchev–Trinajstić information content (AvgIpc) is 3.42. The van der Waals surface area contributed by atoms with Crippen molar-refractivity contribution in [1.82, 2.24) is 14.6 Å². The van der Waals surface area contributed by atoms with Crippen LogP contribution in [0.1, 0.15) is 44.4 Å². The predicted molar refractivity (Wildman–Crippen MR) is 122 cm³/mol. The Labute approximate surface area is 199 Å². The number of fused-ring (bicyclic) bond motifs is 2. The van der Waals surface area contributed by atoms with E-state index in [0.29, 0.717) is 16.2 Å². The molecule has 0 radical (unpaired) electrons. The number of aromatic amines is 1. The van der Waals surface area contributed by atoms with Crippen molar-refractivity contribution in [3.05, 3.63) is 63.0 Å². The van der Waals surface area contributed by atoms with E-state index in [4.69, 9.17) is 36.3 Å². The Kier molecular flexibility index (Phi) is 5.64. The van der Waals surface area contributed by atoms with Crippen molar-refractivity contribution >= 4 is 29.0 Å². The van der Waals surface area contributed by atoms with Gasteiger partial charge in [0.2, 0.25) is 5.95 Å². The van der Waals surface area contributed by atoms with Crippen LogP contribution in [0.5, 0.6) is 0 Å². The average molecular weight is 489 g/mol. The first kappa shape index (κ1) is 22.9. The van der Waals surface area contributed by atoms with Crippen molar-refractivity contribution in [3.8, 4) is 0 Å². The van der Waals surface area contributed by atoms with E-state index in [9.17, 15) is 9.59 Å². The van der Waals surface area contributed by atoms with Crippen LogP contribution >= 0.6 is 11.6 Å². The van der Waals surface area contributed by atoms with Crippen LogP contribution in [-0.4, -0.2) is 45.0 Å². The Morgan fingerprint density at radius 2 is 2.00 bits per heavy atom. The SMILES string of the molecule is CC(C)C(=O)OC[C@H]1O[C@@H](c2ccc3c(=O)[nH]c(N)nn23)[C@]2(C)OC(c3ccc(Cl)cc3)O[C@H]12. The molecule has 0 amide bonds. The van der Waals surface area contributed by atoms with E-state index >= 15 is 0 Å². The zero-order valence-corrected chi connectivity index (χ0v) is 19.6. The monoisotopic (exact) mass is 488 g/mol. The molecule has 1 unspecified atom stereocenters. The number of rotatable bonds is 5. The van der Waals surface area contributed by atoms with E-state index in [1.54, 1.807) is 38.1 Å². The number of carbonyl (C=O) groups is 1. The molecular weight excluding hydrogens is 464 g/mol. The molecule has 180 valence electrons. The summed E-state index contributed by atoms with van der Waals surface area (Å²) in [5, 5.41) is 4.86. The van der Waals surface area contributed by atoms with Gasteiger partial charge in [-0.3, -0.25) is 14.6 Å². The van der Waals surface area contributed by atoms with Gasteiger partial charge in [-0.25, -0.2) is 4.52 Å². The van der Waals surface area contributed by atoms with Gasteiger partial charge in [-0.1, -0.05) is 37.6 Å². The summed E-state index contributed by atoms with van der Waals surface area (Å²) >= 11 is 6.03. The van der Waals surface area contributed by atoms with Gasteiger partial charge in [-0.15, -0.1) is 5.10 Å². The fourth-order valence-corrected chi connectivity index (χ4v) is 4.60. The third-order valence-corrected chi connectivity index (χ3v) is 6.46. The Bertz CT molecular complexity index is 1290. The summed E-state index contributed by atoms with van der Waals surface area (Å²) in [6.07, 6.45) is -2.55. The lowest BCUT2D eigenvalue weighted by atomic mass is 9.91. The van der Waals surface area contributed by atoms with Crippen molar-refractivity contribution < 1.29 is 23.7 Å². The molecule has 34 heavy (non-hydrogen) atoms. The molecule has 2 saturated heterocycles. The van der Waals surface area contributed by atoms with E-state index < -0.39 is 30.2 Å². The summed E-state index contributed by atoms with van der Waals surface area (Å²) in [4.78, 5) is 26.9. The van der Waals surface area contributed by atoms with Gasteiger partial charge < -0.3 is 24.7 Å². The quantitative estimate of drug-likeness (QED) is 0.524. The van der Waals surface area contributed by atoms with Gasteiger partial charge in [0.05, 0.1) is 11.6 Å². The Hall–Kier alpha value is -2.92. The van der Waals surface area contributed by atoms with E-state index in [-0.39, 0.29) is 30.0 Å². The molecule has 0 spiro atoms. The van der Waals surface area contributed by atoms with Crippen molar-refractivity contribution in [2.75, 3.05) is 12.3 Å². The molecule has 1 aromatic carbocycles. The number of anilines is 1. The first-order valence-corrected chi connectivity index (χ1v) is 11.3. The number of aromatic nitrogens is 3. The van der Waals surface area contributed by atoms with Crippen LogP contribution in [0, 0.1) is 5.92 Å². The predicted octanol–water partition coefficient (Wildman–Crippen LogP) is 2.77. The van der Waals surface area contributed by atoms with Gasteiger partial charge in [0, 0.05) is 10.6 Å². The van der Waals surface area contributed by atoms with Crippen molar-refractivity contribution in [2.24, 2.45) is 5.92 Å². The summed E-state index contributed by atoms with van der Waals surface area (Å²) in [5.74, 6) is -0.643. The van der Waals surface area contributed by atoms with Crippen LogP contribution in [0.15, 0.2) is 41.2 Å². The van der Waals surface area contributed by atoms with Crippen LogP contribution < -0.4 is 11.3 Å². The van der Waals surface area contributed by atoms with Crippen LogP contribution in [0.3, 0.4) is 0 Å². The van der Waals surface area contributed by atoms with Crippen molar-refractivity contribution in [1.29, 1.82) is 0 Å². The van der Waals surface area contributed by atoms with Crippen LogP contribution in [0.4, 0.5) is 5.95 Å². The van der Waals surface area contributed by atoms with Crippen molar-refractivity contribution in [2.45, 2.75) is 51.0 Å². The molecule has 3 aromatic rings. The third-order valence-electron chi connectivity index (χ3n) is 6.20. The molecule has 2 aliphatic rings. The van der Waals surface area contributed by atoms with Crippen LogP contribution in [-0.2, 0) is 23.7 Å². The van der Waals surface area contributed by atoms with E-state index in [1.807, 2.05) is 19.1 Å². The standard InChI is InChI=1S/C23H25ClN4O6/c1-11(2)20(30)31-10-16-18-23(3,34-21(33-18)12-4-6-13(24)7-5-12)17(32-16)14-8-9-15-19(29)26-22(25)27-28(14)15/h4-9,11,16-18,21H,10H2,1-3H3,(H3,25,26,27,29)/t16-,17+,18-,21?,23+/m1/s1. The second-order valence-corrected chi connectivity index (χ2v) is 9.41. The number of hydrogen-bond acceptors (Lipinski definition) is 8. The van der Waals surface area contributed by atoms with Crippen LogP contribution in [0.2, 0.25) is 5.02 Å². The maximum absolute atomic E-state index is 12.3. The lowest BCUT2D eigenvalue weighted by molar-refractivity contribution is -0.169. The fourth-order valence-electron chi connectivity index (χ4n) is 4.47. The van der Waals surface area contributed by atoms with E-state index in [2.05, 4.69) is 10.1 Å². The molecule has 2 fully saturated rings. The smallest absolute Gasteiger partial charge is 0.308 e. The molecule has 2 aromatic heterocycles. The number of nitrogens with two attached hydrogens (primary N) is 1. The maximum atomic E-state index is 12.3. The molecule has 0 saturated carbocycles. The lowest BCUT2D eigenvalue weighted by Crippen LogP contribution is -2.41. The highest BCUT2D eigenvalue weighted by Crippen LogP contribution is 2.53. The molecule has 11 heteroatoms. The van der Waals surface area contributed by atoms with Gasteiger partial charge in [0.25, 0.3) is 5.56 Å². The number of halogens is 1. The first-order chi connectivity index (χ1) is 16.2. The molecular formula is C23H25ClN4O6. The molecule has 2 aliphatic heterocycles.